The van der Waals surface area contributed by atoms with Crippen molar-refractivity contribution >= 4 is 23.4 Å². The highest BCUT2D eigenvalue weighted by atomic mass is 19.4. The molecule has 0 aliphatic carbocycles. The smallest absolute Gasteiger partial charge is 0.467 e. The first-order valence-electron chi connectivity index (χ1n) is 8.91. The lowest BCUT2D eigenvalue weighted by molar-refractivity contribution is -0.274. The summed E-state index contributed by atoms with van der Waals surface area (Å²) >= 11 is 0. The monoisotopic (exact) mass is 430 g/mol. The second kappa shape index (κ2) is 7.63. The fourth-order valence-corrected chi connectivity index (χ4v) is 3.08. The summed E-state index contributed by atoms with van der Waals surface area (Å²) in [6.45, 7) is -0.0345. The standard InChI is InChI=1S/C21H13F3N2O5/c22-21(23,24)31-14-6-4-13(5-7-14)25-18(27)12-3-8-16-17(10-12)20(29)26(19(16)28)11-15-2-1-9-30-15/h1-10H,11H2,(H,25,27). The third-order valence-corrected chi connectivity index (χ3v) is 4.47. The van der Waals surface area contributed by atoms with E-state index in [2.05, 4.69) is 10.1 Å². The summed E-state index contributed by atoms with van der Waals surface area (Å²) in [6.07, 6.45) is -3.39. The van der Waals surface area contributed by atoms with Gasteiger partial charge in [0.1, 0.15) is 11.5 Å². The van der Waals surface area contributed by atoms with Crippen LogP contribution in [0.5, 0.6) is 5.75 Å². The maximum absolute atomic E-state index is 12.6. The SMILES string of the molecule is O=C(Nc1ccc(OC(F)(F)F)cc1)c1ccc2c(c1)C(=O)N(Cc1ccco1)C2=O. The van der Waals surface area contributed by atoms with Crippen molar-refractivity contribution in [2.75, 3.05) is 5.32 Å². The molecule has 0 spiro atoms. The molecule has 3 amide bonds. The second-order valence-electron chi connectivity index (χ2n) is 6.56. The zero-order valence-corrected chi connectivity index (χ0v) is 15.6. The zero-order valence-electron chi connectivity index (χ0n) is 15.6. The number of fused-ring (bicyclic) bond motifs is 1. The first-order valence-corrected chi connectivity index (χ1v) is 8.91. The Bertz CT molecular complexity index is 1150. The predicted octanol–water partition coefficient (Wildman–Crippen LogP) is 4.23. The molecule has 0 bridgehead atoms. The van der Waals surface area contributed by atoms with Crippen molar-refractivity contribution in [3.8, 4) is 5.75 Å². The van der Waals surface area contributed by atoms with Gasteiger partial charge in [-0.2, -0.15) is 0 Å². The van der Waals surface area contributed by atoms with Gasteiger partial charge < -0.3 is 14.5 Å². The van der Waals surface area contributed by atoms with Crippen LogP contribution in [0.15, 0.2) is 65.3 Å². The molecule has 1 aromatic heterocycles. The second-order valence-corrected chi connectivity index (χ2v) is 6.56. The van der Waals surface area contributed by atoms with E-state index in [4.69, 9.17) is 4.42 Å². The molecule has 1 aliphatic heterocycles. The van der Waals surface area contributed by atoms with Crippen LogP contribution in [-0.4, -0.2) is 29.0 Å². The molecule has 10 heteroatoms. The van der Waals surface area contributed by atoms with Crippen LogP contribution >= 0.6 is 0 Å². The highest BCUT2D eigenvalue weighted by molar-refractivity contribution is 6.22. The molecule has 4 rings (SSSR count). The Morgan fingerprint density at radius 3 is 2.35 bits per heavy atom. The lowest BCUT2D eigenvalue weighted by Crippen LogP contribution is -2.28. The Balaban J connectivity index is 1.48. The van der Waals surface area contributed by atoms with Gasteiger partial charge in [0.15, 0.2) is 0 Å². The number of rotatable bonds is 5. The largest absolute Gasteiger partial charge is 0.573 e. The summed E-state index contributed by atoms with van der Waals surface area (Å²) in [7, 11) is 0. The van der Waals surface area contributed by atoms with Crippen LogP contribution in [0.4, 0.5) is 18.9 Å². The maximum Gasteiger partial charge on any atom is 0.573 e. The van der Waals surface area contributed by atoms with Gasteiger partial charge in [-0.3, -0.25) is 19.3 Å². The van der Waals surface area contributed by atoms with Crippen molar-refractivity contribution < 1.29 is 36.7 Å². The molecule has 0 unspecified atom stereocenters. The number of nitrogens with zero attached hydrogens (tertiary/aromatic N) is 1. The number of imide groups is 1. The number of furan rings is 1. The number of halogens is 3. The topological polar surface area (TPSA) is 88.8 Å². The summed E-state index contributed by atoms with van der Waals surface area (Å²) in [6, 6.07) is 11.9. The van der Waals surface area contributed by atoms with E-state index in [0.717, 1.165) is 17.0 Å². The summed E-state index contributed by atoms with van der Waals surface area (Å²) < 4.78 is 45.6. The molecular weight excluding hydrogens is 417 g/mol. The van der Waals surface area contributed by atoms with E-state index in [1.54, 1.807) is 12.1 Å². The summed E-state index contributed by atoms with van der Waals surface area (Å²) in [5.41, 5.74) is 0.581. The normalized spacial score (nSPS) is 13.3. The van der Waals surface area contributed by atoms with Gasteiger partial charge in [-0.15, -0.1) is 13.2 Å². The van der Waals surface area contributed by atoms with Crippen LogP contribution in [0.1, 0.15) is 36.8 Å². The minimum Gasteiger partial charge on any atom is -0.467 e. The van der Waals surface area contributed by atoms with Crippen LogP contribution in [0.2, 0.25) is 0 Å². The first kappa shape index (κ1) is 20.2. The fourth-order valence-electron chi connectivity index (χ4n) is 3.08. The summed E-state index contributed by atoms with van der Waals surface area (Å²) in [5.74, 6) is -1.64. The van der Waals surface area contributed by atoms with Crippen LogP contribution < -0.4 is 10.1 Å². The highest BCUT2D eigenvalue weighted by Gasteiger charge is 2.36. The van der Waals surface area contributed by atoms with Gasteiger partial charge in [0.05, 0.1) is 23.9 Å². The molecule has 158 valence electrons. The van der Waals surface area contributed by atoms with E-state index in [9.17, 15) is 27.6 Å². The van der Waals surface area contributed by atoms with Crippen molar-refractivity contribution in [1.82, 2.24) is 4.90 Å². The summed E-state index contributed by atoms with van der Waals surface area (Å²) in [5, 5.41) is 2.51. The van der Waals surface area contributed by atoms with Gasteiger partial charge in [0.2, 0.25) is 0 Å². The predicted molar refractivity (Wildman–Crippen MR) is 100 cm³/mol. The third-order valence-electron chi connectivity index (χ3n) is 4.47. The molecule has 2 aromatic carbocycles. The first-order chi connectivity index (χ1) is 14.7. The number of nitrogens with one attached hydrogen (secondary N) is 1. The Hall–Kier alpha value is -4.08. The van der Waals surface area contributed by atoms with Crippen LogP contribution in [0.25, 0.3) is 0 Å². The Morgan fingerprint density at radius 1 is 1.00 bits per heavy atom. The van der Waals surface area contributed by atoms with Gasteiger partial charge >= 0.3 is 6.36 Å². The number of carbonyl (C=O) groups is 3. The molecule has 0 saturated heterocycles. The number of benzene rings is 2. The molecule has 0 saturated carbocycles. The molecular formula is C21H13F3N2O5. The average molecular weight is 430 g/mol. The van der Waals surface area contributed by atoms with Gasteiger partial charge in [0, 0.05) is 11.3 Å². The quantitative estimate of drug-likeness (QED) is 0.612. The number of anilines is 1. The number of carbonyl (C=O) groups excluding carboxylic acids is 3. The molecule has 0 radical (unpaired) electrons. The minimum atomic E-state index is -4.82. The molecule has 2 heterocycles. The van der Waals surface area contributed by atoms with Crippen molar-refractivity contribution in [3.05, 3.63) is 83.3 Å². The van der Waals surface area contributed by atoms with E-state index >= 15 is 0 Å². The van der Waals surface area contributed by atoms with E-state index in [-0.39, 0.29) is 28.9 Å². The third kappa shape index (κ3) is 4.27. The van der Waals surface area contributed by atoms with Crippen LogP contribution in [0.3, 0.4) is 0 Å². The zero-order chi connectivity index (χ0) is 22.2. The molecule has 0 atom stereocenters. The number of ether oxygens (including phenoxy) is 1. The Morgan fingerprint density at radius 2 is 1.71 bits per heavy atom. The molecule has 31 heavy (non-hydrogen) atoms. The van der Waals surface area contributed by atoms with Crippen molar-refractivity contribution in [2.24, 2.45) is 0 Å². The summed E-state index contributed by atoms with van der Waals surface area (Å²) in [4.78, 5) is 38.7. The maximum atomic E-state index is 12.6. The van der Waals surface area contributed by atoms with E-state index in [1.165, 1.54) is 36.6 Å². The molecule has 1 aliphatic rings. The average Bonchev–Trinajstić information content (AvgIpc) is 3.31. The van der Waals surface area contributed by atoms with Gasteiger partial charge in [-0.05, 0) is 54.6 Å². The number of amides is 3. The van der Waals surface area contributed by atoms with E-state index < -0.39 is 29.8 Å². The molecule has 7 nitrogen and oxygen atoms in total. The van der Waals surface area contributed by atoms with Gasteiger partial charge in [0.25, 0.3) is 17.7 Å². The molecule has 1 N–H and O–H groups in total. The number of hydrogen-bond donors (Lipinski definition) is 1. The van der Waals surface area contributed by atoms with E-state index in [0.29, 0.717) is 5.76 Å². The van der Waals surface area contributed by atoms with Crippen molar-refractivity contribution in [1.29, 1.82) is 0 Å². The minimum absolute atomic E-state index is 0.0345. The van der Waals surface area contributed by atoms with Crippen molar-refractivity contribution in [3.63, 3.8) is 0 Å². The lowest BCUT2D eigenvalue weighted by Gasteiger charge is -2.11. The van der Waals surface area contributed by atoms with Crippen LogP contribution in [-0.2, 0) is 6.54 Å². The fraction of sp³-hybridized carbons (Fsp3) is 0.0952. The van der Waals surface area contributed by atoms with Gasteiger partial charge in [-0.1, -0.05) is 0 Å². The molecule has 3 aromatic rings. The molecule has 0 fully saturated rings. The lowest BCUT2D eigenvalue weighted by atomic mass is 10.1. The number of alkyl halides is 3. The van der Waals surface area contributed by atoms with Crippen molar-refractivity contribution in [2.45, 2.75) is 12.9 Å². The van der Waals surface area contributed by atoms with Gasteiger partial charge in [-0.25, -0.2) is 0 Å². The van der Waals surface area contributed by atoms with Crippen LogP contribution in [0, 0.1) is 0 Å². The Labute approximate surface area is 173 Å². The highest BCUT2D eigenvalue weighted by Crippen LogP contribution is 2.27. The Kier molecular flexibility index (Phi) is 4.97. The van der Waals surface area contributed by atoms with E-state index in [1.807, 2.05) is 0 Å². The number of hydrogen-bond acceptors (Lipinski definition) is 5.